The first-order chi connectivity index (χ1) is 19.4. The first-order valence-electron chi connectivity index (χ1n) is 13.2. The van der Waals surface area contributed by atoms with Gasteiger partial charge in [0.25, 0.3) is 17.7 Å². The molecular weight excluding hydrogens is 532 g/mol. The maximum atomic E-state index is 13.7. The van der Waals surface area contributed by atoms with Crippen molar-refractivity contribution in [2.45, 2.75) is 0 Å². The van der Waals surface area contributed by atoms with Gasteiger partial charge in [-0.1, -0.05) is 11.6 Å². The smallest absolute Gasteiger partial charge is 0.256 e. The van der Waals surface area contributed by atoms with E-state index in [-0.39, 0.29) is 17.7 Å². The number of hydrogen-bond donors (Lipinski definition) is 1. The van der Waals surface area contributed by atoms with Crippen molar-refractivity contribution in [2.24, 2.45) is 0 Å². The first-order valence-corrected chi connectivity index (χ1v) is 13.6. The van der Waals surface area contributed by atoms with Crippen LogP contribution in [0.4, 0.5) is 11.4 Å². The zero-order valence-corrected chi connectivity index (χ0v) is 23.0. The molecule has 2 fully saturated rings. The van der Waals surface area contributed by atoms with E-state index in [4.69, 9.17) is 21.1 Å². The maximum Gasteiger partial charge on any atom is 0.256 e. The molecule has 0 bridgehead atoms. The van der Waals surface area contributed by atoms with E-state index in [2.05, 4.69) is 10.2 Å². The Morgan fingerprint density at radius 1 is 0.775 bits per heavy atom. The molecule has 2 heterocycles. The molecule has 3 amide bonds. The third kappa shape index (κ3) is 6.21. The molecule has 3 aromatic carbocycles. The van der Waals surface area contributed by atoms with Gasteiger partial charge in [-0.3, -0.25) is 14.4 Å². The number of amides is 3. The number of methoxy groups -OCH3 is 1. The molecule has 0 aliphatic carbocycles. The highest BCUT2D eigenvalue weighted by atomic mass is 35.5. The van der Waals surface area contributed by atoms with Crippen molar-refractivity contribution in [1.29, 1.82) is 0 Å². The number of benzene rings is 3. The third-order valence-corrected chi connectivity index (χ3v) is 7.39. The lowest BCUT2D eigenvalue weighted by Crippen LogP contribution is -2.49. The summed E-state index contributed by atoms with van der Waals surface area (Å²) in [6.07, 6.45) is 0. The number of nitrogens with zero attached hydrogens (tertiary/aromatic N) is 3. The summed E-state index contributed by atoms with van der Waals surface area (Å²) in [5.41, 5.74) is 2.88. The number of anilines is 2. The molecule has 0 unspecified atom stereocenters. The van der Waals surface area contributed by atoms with Gasteiger partial charge in [-0.15, -0.1) is 0 Å². The number of hydrogen-bond acceptors (Lipinski definition) is 6. The Kier molecular flexibility index (Phi) is 8.52. The lowest BCUT2D eigenvalue weighted by molar-refractivity contribution is 0.0303. The van der Waals surface area contributed by atoms with Crippen molar-refractivity contribution < 1.29 is 23.9 Å². The molecule has 0 aromatic heterocycles. The van der Waals surface area contributed by atoms with Crippen LogP contribution >= 0.6 is 11.6 Å². The molecule has 40 heavy (non-hydrogen) atoms. The Labute approximate surface area is 238 Å². The average Bonchev–Trinajstić information content (AvgIpc) is 3.01. The predicted molar refractivity (Wildman–Crippen MR) is 154 cm³/mol. The van der Waals surface area contributed by atoms with Gasteiger partial charge in [-0.25, -0.2) is 0 Å². The molecule has 2 aliphatic rings. The highest BCUT2D eigenvalue weighted by Gasteiger charge is 2.28. The topological polar surface area (TPSA) is 91.4 Å². The highest BCUT2D eigenvalue weighted by molar-refractivity contribution is 6.30. The Morgan fingerprint density at radius 3 is 2.05 bits per heavy atom. The molecule has 2 aliphatic heterocycles. The molecule has 1 N–H and O–H groups in total. The average molecular weight is 563 g/mol. The van der Waals surface area contributed by atoms with Gasteiger partial charge < -0.3 is 29.5 Å². The minimum Gasteiger partial charge on any atom is -0.497 e. The van der Waals surface area contributed by atoms with E-state index in [1.54, 1.807) is 72.7 Å². The van der Waals surface area contributed by atoms with Crippen LogP contribution in [-0.4, -0.2) is 87.1 Å². The quantitative estimate of drug-likeness (QED) is 0.488. The molecule has 5 rings (SSSR count). The van der Waals surface area contributed by atoms with Crippen molar-refractivity contribution >= 4 is 40.7 Å². The predicted octanol–water partition coefficient (Wildman–Crippen LogP) is 4.04. The fraction of sp³-hybridized carbons (Fsp3) is 0.300. The lowest BCUT2D eigenvalue weighted by atomic mass is 10.1. The molecule has 0 radical (unpaired) electrons. The van der Waals surface area contributed by atoms with Crippen molar-refractivity contribution in [3.63, 3.8) is 0 Å². The Bertz CT molecular complexity index is 1370. The van der Waals surface area contributed by atoms with Crippen molar-refractivity contribution in [2.75, 3.05) is 69.8 Å². The van der Waals surface area contributed by atoms with Crippen LogP contribution in [0.15, 0.2) is 66.7 Å². The Balaban J connectivity index is 1.34. The van der Waals surface area contributed by atoms with Crippen LogP contribution in [0.1, 0.15) is 31.1 Å². The second-order valence-corrected chi connectivity index (χ2v) is 10.0. The number of rotatable bonds is 6. The number of ether oxygens (including phenoxy) is 2. The SMILES string of the molecule is COc1ccc(C(=O)N2CCN(c3ccc(NC(=O)c4ccc(Cl)cc4)cc3C(=O)N3CCOCC3)CC2)cc1. The first kappa shape index (κ1) is 27.5. The third-order valence-electron chi connectivity index (χ3n) is 7.13. The van der Waals surface area contributed by atoms with Gasteiger partial charge in [-0.2, -0.15) is 0 Å². The van der Waals surface area contributed by atoms with E-state index >= 15 is 0 Å². The van der Waals surface area contributed by atoms with Gasteiger partial charge in [0.05, 0.1) is 25.9 Å². The number of halogens is 1. The number of carbonyl (C=O) groups excluding carboxylic acids is 3. The van der Waals surface area contributed by atoms with Crippen molar-refractivity contribution in [1.82, 2.24) is 9.80 Å². The second-order valence-electron chi connectivity index (χ2n) is 9.61. The standard InChI is InChI=1S/C30H31ClN4O5/c1-39-25-9-4-22(5-10-25)29(37)34-14-12-33(13-15-34)27-11-8-24(32-28(36)21-2-6-23(31)7-3-21)20-26(27)30(38)35-16-18-40-19-17-35/h2-11,20H,12-19H2,1H3,(H,32,36). The zero-order chi connectivity index (χ0) is 28.1. The van der Waals surface area contributed by atoms with E-state index in [1.165, 1.54) is 0 Å². The molecule has 10 heteroatoms. The largest absolute Gasteiger partial charge is 0.497 e. The number of nitrogens with one attached hydrogen (secondary N) is 1. The van der Waals surface area contributed by atoms with Crippen LogP contribution in [0.3, 0.4) is 0 Å². The summed E-state index contributed by atoms with van der Waals surface area (Å²) < 4.78 is 10.6. The van der Waals surface area contributed by atoms with Gasteiger partial charge >= 0.3 is 0 Å². The minimum atomic E-state index is -0.292. The maximum absolute atomic E-state index is 13.7. The highest BCUT2D eigenvalue weighted by Crippen LogP contribution is 2.28. The minimum absolute atomic E-state index is 0.0350. The molecular formula is C30H31ClN4O5. The van der Waals surface area contributed by atoms with E-state index in [1.807, 2.05) is 11.0 Å². The van der Waals surface area contributed by atoms with Crippen LogP contribution < -0.4 is 15.0 Å². The fourth-order valence-corrected chi connectivity index (χ4v) is 4.99. The van der Waals surface area contributed by atoms with E-state index in [0.717, 1.165) is 5.69 Å². The molecule has 208 valence electrons. The van der Waals surface area contributed by atoms with E-state index in [0.29, 0.717) is 85.6 Å². The van der Waals surface area contributed by atoms with Crippen molar-refractivity contribution in [3.8, 4) is 5.75 Å². The van der Waals surface area contributed by atoms with Crippen LogP contribution in [0.5, 0.6) is 5.75 Å². The van der Waals surface area contributed by atoms with Crippen LogP contribution in [-0.2, 0) is 4.74 Å². The summed E-state index contributed by atoms with van der Waals surface area (Å²) in [4.78, 5) is 45.3. The number of morpholine rings is 1. The van der Waals surface area contributed by atoms with Gasteiger partial charge in [0.2, 0.25) is 0 Å². The monoisotopic (exact) mass is 562 g/mol. The summed E-state index contributed by atoms with van der Waals surface area (Å²) in [6, 6.07) is 19.1. The number of carbonyl (C=O) groups is 3. The normalized spacial score (nSPS) is 15.5. The van der Waals surface area contributed by atoms with Gasteiger partial charge in [0.1, 0.15) is 5.75 Å². The molecule has 3 aromatic rings. The molecule has 2 saturated heterocycles. The van der Waals surface area contributed by atoms with Gasteiger partial charge in [-0.05, 0) is 66.7 Å². The summed E-state index contributed by atoms with van der Waals surface area (Å²) in [7, 11) is 1.59. The lowest BCUT2D eigenvalue weighted by Gasteiger charge is -2.37. The zero-order valence-electron chi connectivity index (χ0n) is 22.3. The molecule has 0 saturated carbocycles. The fourth-order valence-electron chi connectivity index (χ4n) is 4.87. The van der Waals surface area contributed by atoms with Crippen LogP contribution in [0.2, 0.25) is 5.02 Å². The Morgan fingerprint density at radius 2 is 1.40 bits per heavy atom. The summed E-state index contributed by atoms with van der Waals surface area (Å²) >= 11 is 5.95. The summed E-state index contributed by atoms with van der Waals surface area (Å²) in [6.45, 7) is 4.16. The molecule has 0 atom stereocenters. The Hall–Kier alpha value is -4.08. The van der Waals surface area contributed by atoms with Crippen molar-refractivity contribution in [3.05, 3.63) is 88.4 Å². The van der Waals surface area contributed by atoms with Gasteiger partial charge in [0, 0.05) is 66.8 Å². The second kappa shape index (κ2) is 12.4. The van der Waals surface area contributed by atoms with E-state index in [9.17, 15) is 14.4 Å². The van der Waals surface area contributed by atoms with Crippen LogP contribution in [0, 0.1) is 0 Å². The number of piperazine rings is 1. The van der Waals surface area contributed by atoms with E-state index < -0.39 is 0 Å². The molecule has 9 nitrogen and oxygen atoms in total. The summed E-state index contributed by atoms with van der Waals surface area (Å²) in [5.74, 6) is 0.260. The summed E-state index contributed by atoms with van der Waals surface area (Å²) in [5, 5.41) is 3.44. The molecule has 0 spiro atoms. The van der Waals surface area contributed by atoms with Gasteiger partial charge in [0.15, 0.2) is 0 Å². The van der Waals surface area contributed by atoms with Crippen LogP contribution in [0.25, 0.3) is 0 Å².